The normalized spacial score (nSPS) is 23.6. The maximum Gasteiger partial charge on any atom is 0.272 e. The average molecular weight is 335 g/mol. The number of carbonyl (C=O) groups excluding carboxylic acids is 1. The molecule has 1 saturated carbocycles. The fourth-order valence-electron chi connectivity index (χ4n) is 1.93. The molecule has 0 heterocycles. The first kappa shape index (κ1) is 15.5. The molecule has 1 atom stereocenters. The van der Waals surface area contributed by atoms with Crippen molar-refractivity contribution in [1.82, 2.24) is 5.32 Å². The van der Waals surface area contributed by atoms with E-state index in [-0.39, 0.29) is 0 Å². The van der Waals surface area contributed by atoms with Gasteiger partial charge in [0.25, 0.3) is 9.70 Å². The van der Waals surface area contributed by atoms with Crippen LogP contribution in [0.15, 0.2) is 29.8 Å². The zero-order valence-electron chi connectivity index (χ0n) is 11.0. The quantitative estimate of drug-likeness (QED) is 0.855. The van der Waals surface area contributed by atoms with E-state index in [1.54, 1.807) is 7.11 Å². The number of rotatable bonds is 3. The maximum atomic E-state index is 11.7. The average Bonchev–Trinajstić information content (AvgIpc) is 2.98. The van der Waals surface area contributed by atoms with Crippen LogP contribution in [0.4, 0.5) is 0 Å². The van der Waals surface area contributed by atoms with Crippen molar-refractivity contribution in [2.45, 2.75) is 22.7 Å². The zero-order chi connectivity index (χ0) is 15.0. The summed E-state index contributed by atoms with van der Waals surface area (Å²) >= 11 is 16.6. The monoisotopic (exact) mass is 333 g/mol. The van der Waals surface area contributed by atoms with E-state index in [1.807, 2.05) is 37.3 Å². The molecule has 6 heteroatoms. The Morgan fingerprint density at radius 1 is 1.45 bits per heavy atom. The van der Waals surface area contributed by atoms with Crippen molar-refractivity contribution in [2.24, 2.45) is 0 Å². The van der Waals surface area contributed by atoms with Crippen molar-refractivity contribution in [2.75, 3.05) is 7.11 Å². The van der Waals surface area contributed by atoms with Crippen LogP contribution in [0, 0.1) is 0 Å². The predicted octanol–water partition coefficient (Wildman–Crippen LogP) is 3.73. The molecule has 0 aromatic heterocycles. The maximum absolute atomic E-state index is 11.7. The Balaban J connectivity index is 2.09. The van der Waals surface area contributed by atoms with Crippen LogP contribution in [-0.4, -0.2) is 22.3 Å². The van der Waals surface area contributed by atoms with Crippen LogP contribution in [0.1, 0.15) is 18.9 Å². The third-order valence-electron chi connectivity index (χ3n) is 3.21. The summed E-state index contributed by atoms with van der Waals surface area (Å²) in [6.45, 7) is 1.90. The molecule has 1 aliphatic rings. The summed E-state index contributed by atoms with van der Waals surface area (Å²) in [4.78, 5) is 11.7. The van der Waals surface area contributed by atoms with Gasteiger partial charge in [0, 0.05) is 0 Å². The summed E-state index contributed by atoms with van der Waals surface area (Å²) in [5.41, 5.74) is 1.64. The Labute approximate surface area is 132 Å². The number of benzene rings is 1. The van der Waals surface area contributed by atoms with Gasteiger partial charge in [0.15, 0.2) is 0 Å². The van der Waals surface area contributed by atoms with Crippen LogP contribution in [0.25, 0.3) is 6.08 Å². The fourth-order valence-corrected chi connectivity index (χ4v) is 2.07. The van der Waals surface area contributed by atoms with Crippen molar-refractivity contribution in [3.05, 3.63) is 35.4 Å². The number of ether oxygens (including phenoxy) is 1. The Hall–Kier alpha value is -0.900. The van der Waals surface area contributed by atoms with Gasteiger partial charge in [0.05, 0.1) is 12.6 Å². The number of methoxy groups -OCH3 is 1. The van der Waals surface area contributed by atoms with Gasteiger partial charge in [0.2, 0.25) is 0 Å². The molecular weight excluding hydrogens is 321 g/mol. The SMILES string of the molecule is COc1cccc(/C=C2\CC2(C)NC(=O)C(Cl)(Cl)Cl)c1. The molecular formula is C14H14Cl3NO2. The molecule has 1 aromatic rings. The molecule has 1 aliphatic carbocycles. The third-order valence-corrected chi connectivity index (χ3v) is 3.72. The van der Waals surface area contributed by atoms with E-state index in [1.165, 1.54) is 0 Å². The summed E-state index contributed by atoms with van der Waals surface area (Å²) < 4.78 is 3.23. The van der Waals surface area contributed by atoms with Gasteiger partial charge in [-0.15, -0.1) is 0 Å². The van der Waals surface area contributed by atoms with Gasteiger partial charge in [-0.05, 0) is 36.6 Å². The lowest BCUT2D eigenvalue weighted by Gasteiger charge is -2.16. The minimum atomic E-state index is -1.94. The highest BCUT2D eigenvalue weighted by Crippen LogP contribution is 2.44. The second kappa shape index (κ2) is 5.47. The number of hydrogen-bond donors (Lipinski definition) is 1. The van der Waals surface area contributed by atoms with Crippen molar-refractivity contribution >= 4 is 46.8 Å². The topological polar surface area (TPSA) is 38.3 Å². The molecule has 0 saturated heterocycles. The fraction of sp³-hybridized carbons (Fsp3) is 0.357. The first-order valence-electron chi connectivity index (χ1n) is 5.99. The zero-order valence-corrected chi connectivity index (χ0v) is 13.3. The van der Waals surface area contributed by atoms with Crippen LogP contribution in [0.5, 0.6) is 5.75 Å². The molecule has 1 fully saturated rings. The summed E-state index contributed by atoms with van der Waals surface area (Å²) in [6, 6.07) is 7.66. The summed E-state index contributed by atoms with van der Waals surface area (Å²) in [5, 5.41) is 2.73. The molecule has 1 N–H and O–H groups in total. The van der Waals surface area contributed by atoms with E-state index < -0.39 is 15.2 Å². The minimum absolute atomic E-state index is 0.440. The lowest BCUT2D eigenvalue weighted by molar-refractivity contribution is -0.120. The molecule has 108 valence electrons. The molecule has 0 aliphatic heterocycles. The first-order chi connectivity index (χ1) is 9.24. The van der Waals surface area contributed by atoms with E-state index in [4.69, 9.17) is 39.5 Å². The van der Waals surface area contributed by atoms with Gasteiger partial charge < -0.3 is 10.1 Å². The Kier molecular flexibility index (Phi) is 4.24. The van der Waals surface area contributed by atoms with Crippen LogP contribution in [0.3, 0.4) is 0 Å². The highest BCUT2D eigenvalue weighted by molar-refractivity contribution is 6.76. The van der Waals surface area contributed by atoms with Gasteiger partial charge in [-0.3, -0.25) is 4.79 Å². The van der Waals surface area contributed by atoms with Crippen LogP contribution < -0.4 is 10.1 Å². The van der Waals surface area contributed by atoms with E-state index in [0.717, 1.165) is 23.3 Å². The number of amides is 1. The van der Waals surface area contributed by atoms with Gasteiger partial charge in [-0.25, -0.2) is 0 Å². The van der Waals surface area contributed by atoms with Gasteiger partial charge in [0.1, 0.15) is 5.75 Å². The van der Waals surface area contributed by atoms with Crippen molar-refractivity contribution in [1.29, 1.82) is 0 Å². The summed E-state index contributed by atoms with van der Waals surface area (Å²) in [5.74, 6) is 0.172. The molecule has 1 aromatic carbocycles. The molecule has 20 heavy (non-hydrogen) atoms. The van der Waals surface area contributed by atoms with Crippen molar-refractivity contribution < 1.29 is 9.53 Å². The van der Waals surface area contributed by atoms with E-state index in [9.17, 15) is 4.79 Å². The number of nitrogens with one attached hydrogen (secondary N) is 1. The van der Waals surface area contributed by atoms with E-state index in [2.05, 4.69) is 5.32 Å². The van der Waals surface area contributed by atoms with Crippen LogP contribution in [-0.2, 0) is 4.79 Å². The summed E-state index contributed by atoms with van der Waals surface area (Å²) in [6.07, 6.45) is 2.73. The van der Waals surface area contributed by atoms with Crippen molar-refractivity contribution in [3.63, 3.8) is 0 Å². The molecule has 1 amide bonds. The highest BCUT2D eigenvalue weighted by atomic mass is 35.6. The van der Waals surface area contributed by atoms with Crippen molar-refractivity contribution in [3.8, 4) is 5.75 Å². The number of alkyl halides is 3. The van der Waals surface area contributed by atoms with Crippen LogP contribution >= 0.6 is 34.8 Å². The van der Waals surface area contributed by atoms with E-state index in [0.29, 0.717) is 0 Å². The lowest BCUT2D eigenvalue weighted by atomic mass is 10.1. The minimum Gasteiger partial charge on any atom is -0.497 e. The molecule has 0 bridgehead atoms. The Morgan fingerprint density at radius 2 is 2.15 bits per heavy atom. The number of hydrogen-bond acceptors (Lipinski definition) is 2. The standard InChI is InChI=1S/C14H14Cl3NO2/c1-13(18-12(19)14(15,16)17)8-10(13)6-9-4-3-5-11(7-9)20-2/h3-7H,8H2,1-2H3,(H,18,19)/b10-6+. The van der Waals surface area contributed by atoms with Gasteiger partial charge in [-0.2, -0.15) is 0 Å². The first-order valence-corrected chi connectivity index (χ1v) is 7.12. The van der Waals surface area contributed by atoms with Gasteiger partial charge >= 0.3 is 0 Å². The Bertz CT molecular complexity index is 566. The molecule has 0 spiro atoms. The molecule has 0 radical (unpaired) electrons. The second-order valence-corrected chi connectivity index (χ2v) is 7.19. The largest absolute Gasteiger partial charge is 0.497 e. The summed E-state index contributed by atoms with van der Waals surface area (Å²) in [7, 11) is 1.62. The number of halogens is 3. The van der Waals surface area contributed by atoms with E-state index >= 15 is 0 Å². The predicted molar refractivity (Wildman–Crippen MR) is 82.4 cm³/mol. The Morgan fingerprint density at radius 3 is 2.75 bits per heavy atom. The smallest absolute Gasteiger partial charge is 0.272 e. The van der Waals surface area contributed by atoms with Gasteiger partial charge in [-0.1, -0.05) is 53.0 Å². The lowest BCUT2D eigenvalue weighted by Crippen LogP contribution is -2.41. The third kappa shape index (κ3) is 3.60. The molecule has 3 nitrogen and oxygen atoms in total. The van der Waals surface area contributed by atoms with Crippen LogP contribution in [0.2, 0.25) is 0 Å². The number of carbonyl (C=O) groups is 1. The second-order valence-electron chi connectivity index (χ2n) is 4.91. The molecule has 2 rings (SSSR count). The molecule has 1 unspecified atom stereocenters. The highest BCUT2D eigenvalue weighted by Gasteiger charge is 2.48.